The zero-order valence-corrected chi connectivity index (χ0v) is 17.6. The van der Waals surface area contributed by atoms with Gasteiger partial charge in [-0.25, -0.2) is 0 Å². The number of guanidine groups is 1. The standard InChI is InChI=1S/C16H25ClN4O2.HI/c1-16(2,3)21-14(22)11-20-15(18-4)19-9-10-23-13-7-5-12(17)6-8-13;/h5-8H,9-11H2,1-4H3,(H,21,22)(H2,18,19,20);1H. The highest BCUT2D eigenvalue weighted by molar-refractivity contribution is 14.0. The Balaban J connectivity index is 0.00000529. The van der Waals surface area contributed by atoms with E-state index in [1.54, 1.807) is 19.2 Å². The topological polar surface area (TPSA) is 74.8 Å². The molecule has 6 nitrogen and oxygen atoms in total. The molecular formula is C16H26ClIN4O2. The van der Waals surface area contributed by atoms with E-state index in [0.717, 1.165) is 5.75 Å². The van der Waals surface area contributed by atoms with E-state index in [1.165, 1.54) is 0 Å². The second-order valence-electron chi connectivity index (χ2n) is 5.95. The monoisotopic (exact) mass is 468 g/mol. The fourth-order valence-corrected chi connectivity index (χ4v) is 1.84. The summed E-state index contributed by atoms with van der Waals surface area (Å²) in [4.78, 5) is 15.8. The number of benzene rings is 1. The van der Waals surface area contributed by atoms with Crippen molar-refractivity contribution in [2.75, 3.05) is 26.7 Å². The minimum atomic E-state index is -0.248. The minimum Gasteiger partial charge on any atom is -0.492 e. The summed E-state index contributed by atoms with van der Waals surface area (Å²) in [6.07, 6.45) is 0. The highest BCUT2D eigenvalue weighted by Crippen LogP contribution is 2.14. The van der Waals surface area contributed by atoms with Gasteiger partial charge in [0.1, 0.15) is 12.4 Å². The second-order valence-corrected chi connectivity index (χ2v) is 6.39. The first-order valence-electron chi connectivity index (χ1n) is 7.44. The summed E-state index contributed by atoms with van der Waals surface area (Å²) < 4.78 is 5.56. The maximum Gasteiger partial charge on any atom is 0.239 e. The van der Waals surface area contributed by atoms with Gasteiger partial charge in [-0.3, -0.25) is 9.79 Å². The number of nitrogens with one attached hydrogen (secondary N) is 3. The summed E-state index contributed by atoms with van der Waals surface area (Å²) in [5.41, 5.74) is -0.248. The largest absolute Gasteiger partial charge is 0.492 e. The lowest BCUT2D eigenvalue weighted by Crippen LogP contribution is -2.48. The normalized spacial score (nSPS) is 11.3. The molecule has 0 unspecified atom stereocenters. The molecule has 0 saturated carbocycles. The Morgan fingerprint density at radius 2 is 1.83 bits per heavy atom. The SMILES string of the molecule is CN=C(NCCOc1ccc(Cl)cc1)NCC(=O)NC(C)(C)C.I. The first-order chi connectivity index (χ1) is 10.8. The number of carbonyl (C=O) groups excluding carboxylic acids is 1. The van der Waals surface area contributed by atoms with Crippen molar-refractivity contribution in [1.29, 1.82) is 0 Å². The van der Waals surface area contributed by atoms with Gasteiger partial charge in [-0.05, 0) is 45.0 Å². The average Bonchev–Trinajstić information content (AvgIpc) is 2.46. The number of ether oxygens (including phenoxy) is 1. The molecule has 0 spiro atoms. The van der Waals surface area contributed by atoms with Crippen LogP contribution in [0.2, 0.25) is 5.02 Å². The Morgan fingerprint density at radius 3 is 2.38 bits per heavy atom. The fraction of sp³-hybridized carbons (Fsp3) is 0.500. The van der Waals surface area contributed by atoms with Crippen LogP contribution in [0.1, 0.15) is 20.8 Å². The Bertz CT molecular complexity index is 530. The number of amides is 1. The zero-order chi connectivity index (χ0) is 17.3. The van der Waals surface area contributed by atoms with E-state index < -0.39 is 0 Å². The van der Waals surface area contributed by atoms with E-state index in [0.29, 0.717) is 24.1 Å². The average molecular weight is 469 g/mol. The lowest BCUT2D eigenvalue weighted by Gasteiger charge is -2.21. The predicted octanol–water partition coefficient (Wildman–Crippen LogP) is 2.42. The third-order valence-electron chi connectivity index (χ3n) is 2.63. The predicted molar refractivity (Wildman–Crippen MR) is 110 cm³/mol. The molecule has 1 amide bonds. The number of halogens is 2. The molecule has 3 N–H and O–H groups in total. The van der Waals surface area contributed by atoms with E-state index in [4.69, 9.17) is 16.3 Å². The van der Waals surface area contributed by atoms with Crippen molar-refractivity contribution in [3.63, 3.8) is 0 Å². The first kappa shape index (κ1) is 22.8. The maximum atomic E-state index is 11.7. The number of hydrogen-bond acceptors (Lipinski definition) is 3. The Labute approximate surface area is 165 Å². The number of nitrogens with zero attached hydrogens (tertiary/aromatic N) is 1. The van der Waals surface area contributed by atoms with Crippen molar-refractivity contribution in [2.24, 2.45) is 4.99 Å². The van der Waals surface area contributed by atoms with E-state index in [9.17, 15) is 4.79 Å². The second kappa shape index (κ2) is 11.4. The van der Waals surface area contributed by atoms with Gasteiger partial charge in [0.2, 0.25) is 5.91 Å². The summed E-state index contributed by atoms with van der Waals surface area (Å²) in [6.45, 7) is 7.00. The van der Waals surface area contributed by atoms with Gasteiger partial charge in [0.05, 0.1) is 13.1 Å². The molecule has 0 fully saturated rings. The molecule has 0 aliphatic rings. The molecule has 136 valence electrons. The molecule has 0 bridgehead atoms. The number of aliphatic imine (C=N–C) groups is 1. The highest BCUT2D eigenvalue weighted by Gasteiger charge is 2.13. The summed E-state index contributed by atoms with van der Waals surface area (Å²) in [5, 5.41) is 9.58. The first-order valence-corrected chi connectivity index (χ1v) is 7.82. The van der Waals surface area contributed by atoms with Gasteiger partial charge < -0.3 is 20.7 Å². The molecule has 24 heavy (non-hydrogen) atoms. The van der Waals surface area contributed by atoms with Crippen LogP contribution in [0, 0.1) is 0 Å². The molecule has 0 saturated heterocycles. The molecule has 0 heterocycles. The summed E-state index contributed by atoms with van der Waals surface area (Å²) >= 11 is 5.81. The lowest BCUT2D eigenvalue weighted by atomic mass is 10.1. The van der Waals surface area contributed by atoms with E-state index in [1.807, 2.05) is 32.9 Å². The van der Waals surface area contributed by atoms with Gasteiger partial charge in [0.15, 0.2) is 5.96 Å². The zero-order valence-electron chi connectivity index (χ0n) is 14.5. The Morgan fingerprint density at radius 1 is 1.21 bits per heavy atom. The smallest absolute Gasteiger partial charge is 0.239 e. The van der Waals surface area contributed by atoms with Crippen LogP contribution in [0.15, 0.2) is 29.3 Å². The summed E-state index contributed by atoms with van der Waals surface area (Å²) in [5.74, 6) is 1.22. The van der Waals surface area contributed by atoms with Crippen molar-refractivity contribution < 1.29 is 9.53 Å². The van der Waals surface area contributed by atoms with E-state index >= 15 is 0 Å². The molecule has 0 aliphatic carbocycles. The summed E-state index contributed by atoms with van der Waals surface area (Å²) in [6, 6.07) is 7.18. The van der Waals surface area contributed by atoms with Crippen LogP contribution in [0.25, 0.3) is 0 Å². The molecular weight excluding hydrogens is 443 g/mol. The van der Waals surface area contributed by atoms with E-state index in [2.05, 4.69) is 20.9 Å². The van der Waals surface area contributed by atoms with Crippen molar-refractivity contribution in [3.8, 4) is 5.75 Å². The third-order valence-corrected chi connectivity index (χ3v) is 2.88. The van der Waals surface area contributed by atoms with Crippen LogP contribution >= 0.6 is 35.6 Å². The van der Waals surface area contributed by atoms with Crippen LogP contribution < -0.4 is 20.7 Å². The molecule has 0 atom stereocenters. The van der Waals surface area contributed by atoms with Crippen LogP contribution in [-0.4, -0.2) is 44.1 Å². The highest BCUT2D eigenvalue weighted by atomic mass is 127. The van der Waals surface area contributed by atoms with Crippen molar-refractivity contribution in [3.05, 3.63) is 29.3 Å². The Kier molecular flexibility index (Phi) is 10.8. The van der Waals surface area contributed by atoms with E-state index in [-0.39, 0.29) is 42.0 Å². The van der Waals surface area contributed by atoms with Crippen LogP contribution in [-0.2, 0) is 4.79 Å². The number of hydrogen-bond donors (Lipinski definition) is 3. The van der Waals surface area contributed by atoms with Gasteiger partial charge in [-0.15, -0.1) is 24.0 Å². The van der Waals surface area contributed by atoms with Crippen LogP contribution in [0.5, 0.6) is 5.75 Å². The summed E-state index contributed by atoms with van der Waals surface area (Å²) in [7, 11) is 1.65. The maximum absolute atomic E-state index is 11.7. The van der Waals surface area contributed by atoms with Crippen molar-refractivity contribution in [1.82, 2.24) is 16.0 Å². The van der Waals surface area contributed by atoms with Crippen LogP contribution in [0.4, 0.5) is 0 Å². The van der Waals surface area contributed by atoms with Gasteiger partial charge >= 0.3 is 0 Å². The molecule has 1 aromatic carbocycles. The third kappa shape index (κ3) is 10.5. The number of rotatable bonds is 6. The fourth-order valence-electron chi connectivity index (χ4n) is 1.72. The minimum absolute atomic E-state index is 0. The van der Waals surface area contributed by atoms with Crippen molar-refractivity contribution in [2.45, 2.75) is 26.3 Å². The molecule has 0 aliphatic heterocycles. The van der Waals surface area contributed by atoms with Crippen molar-refractivity contribution >= 4 is 47.4 Å². The van der Waals surface area contributed by atoms with Gasteiger partial charge in [0.25, 0.3) is 0 Å². The van der Waals surface area contributed by atoms with Gasteiger partial charge in [-0.1, -0.05) is 11.6 Å². The molecule has 1 aromatic rings. The Hall–Kier alpha value is -1.22. The van der Waals surface area contributed by atoms with Gasteiger partial charge in [-0.2, -0.15) is 0 Å². The number of carbonyl (C=O) groups is 1. The lowest BCUT2D eigenvalue weighted by molar-refractivity contribution is -0.121. The molecule has 0 aromatic heterocycles. The molecule has 1 rings (SSSR count). The molecule has 0 radical (unpaired) electrons. The van der Waals surface area contributed by atoms with Gasteiger partial charge in [0, 0.05) is 17.6 Å². The quantitative estimate of drug-likeness (QED) is 0.259. The molecule has 8 heteroatoms. The van der Waals surface area contributed by atoms with Crippen LogP contribution in [0.3, 0.4) is 0 Å².